The van der Waals surface area contributed by atoms with Crippen molar-refractivity contribution in [2.45, 2.75) is 52.9 Å². The second kappa shape index (κ2) is 18.6. The topological polar surface area (TPSA) is 108 Å². The van der Waals surface area contributed by atoms with Gasteiger partial charge in [-0.25, -0.2) is 0 Å². The molecule has 0 atom stereocenters. The van der Waals surface area contributed by atoms with Crippen molar-refractivity contribution in [3.63, 3.8) is 0 Å². The highest BCUT2D eigenvalue weighted by molar-refractivity contribution is 8.93. The van der Waals surface area contributed by atoms with E-state index in [0.29, 0.717) is 24.3 Å². The van der Waals surface area contributed by atoms with Crippen LogP contribution in [0.25, 0.3) is 0 Å². The van der Waals surface area contributed by atoms with E-state index < -0.39 is 0 Å². The smallest absolute Gasteiger partial charge is 0.0979 e. The first-order valence-corrected chi connectivity index (χ1v) is 7.75. The van der Waals surface area contributed by atoms with Crippen LogP contribution < -0.4 is 11.5 Å². The van der Waals surface area contributed by atoms with Gasteiger partial charge in [0, 0.05) is 36.7 Å². The van der Waals surface area contributed by atoms with Gasteiger partial charge in [0.25, 0.3) is 0 Å². The summed E-state index contributed by atoms with van der Waals surface area (Å²) in [6, 6.07) is 0. The lowest BCUT2D eigenvalue weighted by molar-refractivity contribution is 0.405. The van der Waals surface area contributed by atoms with E-state index in [9.17, 15) is 5.11 Å². The van der Waals surface area contributed by atoms with Gasteiger partial charge >= 0.3 is 0 Å². The van der Waals surface area contributed by atoms with Crippen molar-refractivity contribution < 1.29 is 5.11 Å². The molecule has 23 heavy (non-hydrogen) atoms. The maximum atomic E-state index is 9.60. The number of nitrogens with two attached hydrogens (primary N) is 2. The molecule has 0 aromatic carbocycles. The minimum atomic E-state index is 0. The number of halogens is 1. The van der Waals surface area contributed by atoms with Gasteiger partial charge in [0.2, 0.25) is 0 Å². The van der Waals surface area contributed by atoms with E-state index in [4.69, 9.17) is 11.1 Å². The van der Waals surface area contributed by atoms with Crippen LogP contribution in [0.2, 0.25) is 0 Å². The Morgan fingerprint density at radius 2 is 1.91 bits per heavy atom. The summed E-state index contributed by atoms with van der Waals surface area (Å²) in [6.45, 7) is 6.33. The maximum absolute atomic E-state index is 9.60. The SMILES string of the molecule is Br.CCC.CCCC1=C(C/C(N)=C/C=N)N=CCC(O)=C1.CN. The number of rotatable bonds is 5. The molecule has 0 amide bonds. The summed E-state index contributed by atoms with van der Waals surface area (Å²) in [5.74, 6) is 0.335. The maximum Gasteiger partial charge on any atom is 0.0979 e. The van der Waals surface area contributed by atoms with Gasteiger partial charge in [-0.3, -0.25) is 4.99 Å². The minimum absolute atomic E-state index is 0. The van der Waals surface area contributed by atoms with Crippen molar-refractivity contribution >= 4 is 29.4 Å². The molecule has 6 N–H and O–H groups in total. The summed E-state index contributed by atoms with van der Waals surface area (Å²) in [6.07, 6.45) is 10.3. The number of aliphatic imine (C=N–C) groups is 1. The molecule has 1 aliphatic rings. The van der Waals surface area contributed by atoms with E-state index >= 15 is 0 Å². The first-order valence-electron chi connectivity index (χ1n) is 7.75. The van der Waals surface area contributed by atoms with E-state index in [0.717, 1.165) is 24.1 Å². The summed E-state index contributed by atoms with van der Waals surface area (Å²) in [5.41, 5.74) is 12.8. The molecule has 0 aromatic heterocycles. The van der Waals surface area contributed by atoms with Crippen molar-refractivity contribution in [2.75, 3.05) is 7.05 Å². The molecule has 0 spiro atoms. The predicted molar refractivity (Wildman–Crippen MR) is 108 cm³/mol. The molecule has 0 fully saturated rings. The van der Waals surface area contributed by atoms with Gasteiger partial charge in [0.1, 0.15) is 0 Å². The molecule has 0 saturated heterocycles. The third-order valence-electron chi connectivity index (χ3n) is 2.45. The van der Waals surface area contributed by atoms with E-state index in [1.54, 1.807) is 18.4 Å². The predicted octanol–water partition coefficient (Wildman–Crippen LogP) is 4.41. The summed E-state index contributed by atoms with van der Waals surface area (Å²) in [5, 5.41) is 16.6. The van der Waals surface area contributed by atoms with Crippen molar-refractivity contribution in [3.8, 4) is 0 Å². The van der Waals surface area contributed by atoms with Crippen LogP contribution in [-0.2, 0) is 0 Å². The number of allylic oxidation sites excluding steroid dienone is 4. The van der Waals surface area contributed by atoms with Crippen molar-refractivity contribution in [3.05, 3.63) is 34.9 Å². The molecule has 0 bridgehead atoms. The number of aliphatic hydroxyl groups excluding tert-OH is 1. The second-order valence-corrected chi connectivity index (χ2v) is 4.67. The van der Waals surface area contributed by atoms with Crippen molar-refractivity contribution in [2.24, 2.45) is 16.5 Å². The van der Waals surface area contributed by atoms with Gasteiger partial charge in [0.15, 0.2) is 0 Å². The Bertz CT molecular complexity index is 426. The average Bonchev–Trinajstić information content (AvgIpc) is 2.65. The molecule has 0 radical (unpaired) electrons. The molecule has 0 saturated carbocycles. The van der Waals surface area contributed by atoms with E-state index in [2.05, 4.69) is 31.5 Å². The molecule has 6 heteroatoms. The van der Waals surface area contributed by atoms with Crippen LogP contribution in [-0.4, -0.2) is 24.6 Å². The Kier molecular flexibility index (Phi) is 21.5. The Morgan fingerprint density at radius 3 is 2.39 bits per heavy atom. The molecule has 0 unspecified atom stereocenters. The average molecular weight is 389 g/mol. The highest BCUT2D eigenvalue weighted by atomic mass is 79.9. The number of aliphatic hydroxyl groups is 1. The number of hydrogen-bond acceptors (Lipinski definition) is 5. The van der Waals surface area contributed by atoms with Crippen LogP contribution in [0.4, 0.5) is 0 Å². The van der Waals surface area contributed by atoms with Gasteiger partial charge in [0.05, 0.1) is 5.76 Å². The monoisotopic (exact) mass is 388 g/mol. The minimum Gasteiger partial charge on any atom is -0.512 e. The van der Waals surface area contributed by atoms with E-state index in [1.165, 1.54) is 19.7 Å². The number of hydrogen-bond donors (Lipinski definition) is 4. The fraction of sp³-hybridized carbons (Fsp3) is 0.529. The molecule has 1 heterocycles. The molecular formula is C17H33BrN4O. The summed E-state index contributed by atoms with van der Waals surface area (Å²) in [7, 11) is 1.50. The highest BCUT2D eigenvalue weighted by Crippen LogP contribution is 2.22. The number of nitrogens with one attached hydrogen (secondary N) is 1. The van der Waals surface area contributed by atoms with Gasteiger partial charge in [-0.2, -0.15) is 0 Å². The molecule has 134 valence electrons. The van der Waals surface area contributed by atoms with Crippen LogP contribution in [0.3, 0.4) is 0 Å². The lowest BCUT2D eigenvalue weighted by Gasteiger charge is -2.07. The fourth-order valence-electron chi connectivity index (χ4n) is 1.68. The molecule has 5 nitrogen and oxygen atoms in total. The lowest BCUT2D eigenvalue weighted by atomic mass is 10.0. The second-order valence-electron chi connectivity index (χ2n) is 4.67. The molecule has 0 aromatic rings. The molecule has 0 aliphatic carbocycles. The van der Waals surface area contributed by atoms with E-state index in [1.807, 2.05) is 0 Å². The third-order valence-corrected chi connectivity index (χ3v) is 2.45. The summed E-state index contributed by atoms with van der Waals surface area (Å²) >= 11 is 0. The Balaban J connectivity index is -0.000000596. The number of nitrogens with zero attached hydrogens (tertiary/aromatic N) is 1. The van der Waals surface area contributed by atoms with Crippen LogP contribution >= 0.6 is 17.0 Å². The first-order chi connectivity index (χ1) is 10.6. The zero-order chi connectivity index (χ0) is 17.4. The Morgan fingerprint density at radius 1 is 1.35 bits per heavy atom. The Labute approximate surface area is 151 Å². The Hall–Kier alpha value is -1.40. The van der Waals surface area contributed by atoms with Gasteiger partial charge in [-0.1, -0.05) is 33.6 Å². The fourth-order valence-corrected chi connectivity index (χ4v) is 1.68. The third kappa shape index (κ3) is 14.0. The lowest BCUT2D eigenvalue weighted by Crippen LogP contribution is -2.00. The molecule has 1 rings (SSSR count). The van der Waals surface area contributed by atoms with Crippen LogP contribution in [0, 0.1) is 5.41 Å². The highest BCUT2D eigenvalue weighted by Gasteiger charge is 2.08. The zero-order valence-corrected chi connectivity index (χ0v) is 16.5. The van der Waals surface area contributed by atoms with Crippen molar-refractivity contribution in [1.82, 2.24) is 0 Å². The van der Waals surface area contributed by atoms with Crippen molar-refractivity contribution in [1.29, 1.82) is 5.41 Å². The summed E-state index contributed by atoms with van der Waals surface area (Å²) in [4.78, 5) is 4.34. The van der Waals surface area contributed by atoms with E-state index in [-0.39, 0.29) is 17.0 Å². The van der Waals surface area contributed by atoms with Crippen LogP contribution in [0.1, 0.15) is 52.9 Å². The van der Waals surface area contributed by atoms with Gasteiger partial charge in [-0.05, 0) is 31.2 Å². The van der Waals surface area contributed by atoms with Gasteiger partial charge in [-0.15, -0.1) is 17.0 Å². The zero-order valence-electron chi connectivity index (χ0n) is 14.8. The summed E-state index contributed by atoms with van der Waals surface area (Å²) < 4.78 is 0. The molecule has 1 aliphatic heterocycles. The quantitative estimate of drug-likeness (QED) is 0.523. The normalized spacial score (nSPS) is 13.4. The standard InChI is InChI=1S/C13H19N3O.C3H8.CH5N.BrH/c1-2-3-10-8-12(17)5-7-16-13(10)9-11(15)4-6-14;1-3-2;1-2;/h4,6-8,14,17H,2-3,5,9,15H2,1H3;3H2,1-2H3;2H2,1H3;1H/b11-4-,14-6?;;;. The first kappa shape index (κ1) is 26.5. The van der Waals surface area contributed by atoms with Gasteiger partial charge < -0.3 is 22.0 Å². The largest absolute Gasteiger partial charge is 0.512 e. The van der Waals surface area contributed by atoms with Crippen LogP contribution in [0.15, 0.2) is 39.9 Å². The molecular weight excluding hydrogens is 356 g/mol. The van der Waals surface area contributed by atoms with Crippen LogP contribution in [0.5, 0.6) is 0 Å².